The third-order valence-electron chi connectivity index (χ3n) is 6.15. The predicted octanol–water partition coefficient (Wildman–Crippen LogP) is 0.510. The summed E-state index contributed by atoms with van der Waals surface area (Å²) in [5, 5.41) is 16.2. The van der Waals surface area contributed by atoms with E-state index in [-0.39, 0.29) is 28.5 Å². The molecule has 4 heterocycles. The largest absolute Gasteiger partial charge is 0.477 e. The smallest absolute Gasteiger partial charge is 0.352 e. The van der Waals surface area contributed by atoms with Gasteiger partial charge in [-0.3, -0.25) is 14.5 Å². The zero-order valence-electron chi connectivity index (χ0n) is 19.1. The number of amides is 2. The van der Waals surface area contributed by atoms with E-state index in [2.05, 4.69) is 19.8 Å². The van der Waals surface area contributed by atoms with E-state index < -0.39 is 29.2 Å². The van der Waals surface area contributed by atoms with E-state index in [0.717, 1.165) is 37.2 Å². The van der Waals surface area contributed by atoms with E-state index in [0.29, 0.717) is 17.9 Å². The van der Waals surface area contributed by atoms with Gasteiger partial charge in [-0.2, -0.15) is 9.36 Å². The van der Waals surface area contributed by atoms with E-state index in [1.54, 1.807) is 0 Å². The number of carbonyl (C=O) groups is 3. The molecule has 1 saturated carbocycles. The molecule has 12 nitrogen and oxygen atoms in total. The molecule has 188 valence electrons. The van der Waals surface area contributed by atoms with Crippen LogP contribution in [0.2, 0.25) is 0 Å². The molecule has 0 spiro atoms. The van der Waals surface area contributed by atoms with Crippen LogP contribution in [-0.4, -0.2) is 66.1 Å². The summed E-state index contributed by atoms with van der Waals surface area (Å²) in [6, 6.07) is 4.64. The Morgan fingerprint density at radius 2 is 2.03 bits per heavy atom. The molecule has 3 aliphatic rings. The molecule has 14 heteroatoms. The first-order valence-corrected chi connectivity index (χ1v) is 13.2. The second kappa shape index (κ2) is 10.2. The average molecular weight is 531 g/mol. The topological polar surface area (TPSA) is 164 Å². The summed E-state index contributed by atoms with van der Waals surface area (Å²) in [6.45, 7) is 0.342. The monoisotopic (exact) mass is 530 g/mol. The fourth-order valence-corrected chi connectivity index (χ4v) is 6.18. The number of carboxylic acid groups (broad SMARTS) is 1. The van der Waals surface area contributed by atoms with Gasteiger partial charge in [-0.15, -0.1) is 11.8 Å². The normalized spacial score (nSPS) is 22.3. The number of carbonyl (C=O) groups excluding carboxylic acids is 2. The van der Waals surface area contributed by atoms with Gasteiger partial charge in [0.05, 0.1) is 0 Å². The molecular formula is C22H24N7O5S2+. The van der Waals surface area contributed by atoms with E-state index in [1.807, 2.05) is 35.2 Å². The number of thioether (sulfide) groups is 1. The molecule has 0 aromatic carbocycles. The summed E-state index contributed by atoms with van der Waals surface area (Å²) in [4.78, 5) is 49.1. The number of rotatable bonds is 8. The zero-order chi connectivity index (χ0) is 25.2. The van der Waals surface area contributed by atoms with Crippen molar-refractivity contribution < 1.29 is 28.9 Å². The Kier molecular flexibility index (Phi) is 6.87. The van der Waals surface area contributed by atoms with Crippen molar-refractivity contribution in [3.63, 3.8) is 0 Å². The predicted molar refractivity (Wildman–Crippen MR) is 131 cm³/mol. The molecule has 2 aromatic heterocycles. The van der Waals surface area contributed by atoms with Crippen LogP contribution in [0.15, 0.2) is 47.0 Å². The van der Waals surface area contributed by atoms with Gasteiger partial charge < -0.3 is 21.0 Å². The number of nitrogens with two attached hydrogens (primary N) is 1. The second-order valence-electron chi connectivity index (χ2n) is 8.57. The molecule has 2 fully saturated rings. The minimum absolute atomic E-state index is 0.0150. The molecule has 4 N–H and O–H groups in total. The highest BCUT2D eigenvalue weighted by Gasteiger charge is 2.54. The average Bonchev–Trinajstić information content (AvgIpc) is 3.55. The van der Waals surface area contributed by atoms with Gasteiger partial charge in [0.15, 0.2) is 24.1 Å². The van der Waals surface area contributed by atoms with Crippen molar-refractivity contribution in [1.82, 2.24) is 19.6 Å². The van der Waals surface area contributed by atoms with E-state index in [4.69, 9.17) is 10.6 Å². The molecular weight excluding hydrogens is 506 g/mol. The lowest BCUT2D eigenvalue weighted by Gasteiger charge is -2.49. The second-order valence-corrected chi connectivity index (χ2v) is 10.5. The highest BCUT2D eigenvalue weighted by atomic mass is 32.2. The number of nitrogen functional groups attached to an aromatic ring is 1. The Labute approximate surface area is 214 Å². The SMILES string of the molecule is Nc1nc(C(=NOC2CCCC2)C(=O)NC2C(=O)N3C(C(=O)O)=C(C[n+]4ccccc4)CS[C@H]23)ns1. The number of pyridine rings is 1. The van der Waals surface area contributed by atoms with Gasteiger partial charge in [0.1, 0.15) is 23.2 Å². The van der Waals surface area contributed by atoms with Crippen LogP contribution in [0.1, 0.15) is 31.5 Å². The van der Waals surface area contributed by atoms with Gasteiger partial charge in [0.2, 0.25) is 11.5 Å². The zero-order valence-corrected chi connectivity index (χ0v) is 20.7. The molecule has 0 radical (unpaired) electrons. The molecule has 2 atom stereocenters. The van der Waals surface area contributed by atoms with Crippen LogP contribution < -0.4 is 15.6 Å². The molecule has 1 unspecified atom stereocenters. The number of carboxylic acids is 1. The van der Waals surface area contributed by atoms with E-state index in [9.17, 15) is 19.5 Å². The van der Waals surface area contributed by atoms with Crippen LogP contribution in [0.3, 0.4) is 0 Å². The third-order valence-corrected chi connectivity index (χ3v) is 8.03. The summed E-state index contributed by atoms with van der Waals surface area (Å²) in [7, 11) is 0. The van der Waals surface area contributed by atoms with Gasteiger partial charge in [-0.25, -0.2) is 9.36 Å². The Bertz CT molecular complexity index is 1240. The summed E-state index contributed by atoms with van der Waals surface area (Å²) >= 11 is 2.31. The highest BCUT2D eigenvalue weighted by molar-refractivity contribution is 8.00. The van der Waals surface area contributed by atoms with E-state index >= 15 is 0 Å². The fourth-order valence-electron chi connectivity index (χ4n) is 4.41. The minimum Gasteiger partial charge on any atom is -0.477 e. The quantitative estimate of drug-likeness (QED) is 0.191. The molecule has 1 aliphatic carbocycles. The number of β-lactam (4-membered cyclic amide) rings is 1. The fraction of sp³-hybridized carbons (Fsp3) is 0.409. The number of aromatic nitrogens is 3. The maximum Gasteiger partial charge on any atom is 0.352 e. The standard InChI is InChI=1S/C22H23N7O5S2/c23-22-25-17(27-36-22)14(26-34-13-6-2-3-7-13)18(30)24-15-19(31)29-16(21(32)33)12(11-35-20(15)29)10-28-8-4-1-5-9-28/h1,4-5,8-9,13,15,20H,2-3,6-7,10-11H2,(H3-,23,24,25,27,30,32,33)/p+1/t15?,20-/m1/s1. The number of aliphatic carboxylic acids is 1. The maximum atomic E-state index is 13.2. The molecule has 2 aliphatic heterocycles. The van der Waals surface area contributed by atoms with Gasteiger partial charge in [-0.05, 0) is 25.7 Å². The Morgan fingerprint density at radius 1 is 1.28 bits per heavy atom. The Balaban J connectivity index is 1.33. The van der Waals surface area contributed by atoms with Crippen LogP contribution >= 0.6 is 23.3 Å². The summed E-state index contributed by atoms with van der Waals surface area (Å²) in [5.41, 5.74) is 6.09. The van der Waals surface area contributed by atoms with E-state index in [1.165, 1.54) is 16.7 Å². The van der Waals surface area contributed by atoms with Crippen molar-refractivity contribution in [2.45, 2.75) is 49.7 Å². The maximum absolute atomic E-state index is 13.2. The molecule has 2 amide bonds. The first-order chi connectivity index (χ1) is 17.4. The van der Waals surface area contributed by atoms with Crippen molar-refractivity contribution in [1.29, 1.82) is 0 Å². The number of oxime groups is 1. The minimum atomic E-state index is -1.18. The van der Waals surface area contributed by atoms with Crippen LogP contribution in [0.25, 0.3) is 0 Å². The number of hydrogen-bond donors (Lipinski definition) is 3. The number of nitrogens with one attached hydrogen (secondary N) is 1. The summed E-state index contributed by atoms with van der Waals surface area (Å²) < 4.78 is 5.91. The van der Waals surface area contributed by atoms with Crippen molar-refractivity contribution >= 4 is 51.9 Å². The molecule has 36 heavy (non-hydrogen) atoms. The molecule has 1 saturated heterocycles. The van der Waals surface area contributed by atoms with Crippen molar-refractivity contribution in [3.8, 4) is 0 Å². The van der Waals surface area contributed by atoms with Crippen molar-refractivity contribution in [3.05, 3.63) is 47.7 Å². The molecule has 2 aromatic rings. The Hall–Kier alpha value is -3.52. The Morgan fingerprint density at radius 3 is 2.69 bits per heavy atom. The van der Waals surface area contributed by atoms with Gasteiger partial charge in [-0.1, -0.05) is 11.2 Å². The van der Waals surface area contributed by atoms with Crippen molar-refractivity contribution in [2.24, 2.45) is 5.16 Å². The molecule has 0 bridgehead atoms. The van der Waals surface area contributed by atoms with Gasteiger partial charge in [0.25, 0.3) is 11.8 Å². The number of anilines is 1. The number of fused-ring (bicyclic) bond motifs is 1. The summed E-state index contributed by atoms with van der Waals surface area (Å²) in [6.07, 6.45) is 7.30. The lowest BCUT2D eigenvalue weighted by Crippen LogP contribution is -2.71. The van der Waals surface area contributed by atoms with Crippen LogP contribution in [0.4, 0.5) is 5.13 Å². The highest BCUT2D eigenvalue weighted by Crippen LogP contribution is 2.40. The first kappa shape index (κ1) is 24.2. The molecule has 5 rings (SSSR count). The number of nitrogens with zero attached hydrogens (tertiary/aromatic N) is 5. The first-order valence-electron chi connectivity index (χ1n) is 11.4. The van der Waals surface area contributed by atoms with Crippen LogP contribution in [-0.2, 0) is 25.8 Å². The third kappa shape index (κ3) is 4.78. The van der Waals surface area contributed by atoms with Crippen LogP contribution in [0, 0.1) is 0 Å². The number of hydrogen-bond acceptors (Lipinski definition) is 10. The van der Waals surface area contributed by atoms with Gasteiger partial charge >= 0.3 is 5.97 Å². The summed E-state index contributed by atoms with van der Waals surface area (Å²) in [5.74, 6) is -1.95. The lowest BCUT2D eigenvalue weighted by molar-refractivity contribution is -0.689. The van der Waals surface area contributed by atoms with Crippen molar-refractivity contribution in [2.75, 3.05) is 11.5 Å². The van der Waals surface area contributed by atoms with Crippen LogP contribution in [0.5, 0.6) is 0 Å². The lowest BCUT2D eigenvalue weighted by atomic mass is 10.0. The van der Waals surface area contributed by atoms with Gasteiger partial charge in [0, 0.05) is 35.0 Å².